The molecule has 0 saturated carbocycles. The highest BCUT2D eigenvalue weighted by atomic mass is 35.5. The lowest BCUT2D eigenvalue weighted by Crippen LogP contribution is -1.90. The van der Waals surface area contributed by atoms with E-state index in [-0.39, 0.29) is 0 Å². The third-order valence-corrected chi connectivity index (χ3v) is 2.20. The zero-order valence-electron chi connectivity index (χ0n) is 8.77. The molecule has 0 fully saturated rings. The van der Waals surface area contributed by atoms with Gasteiger partial charge in [-0.05, 0) is 24.6 Å². The van der Waals surface area contributed by atoms with Gasteiger partial charge in [-0.25, -0.2) is 0 Å². The van der Waals surface area contributed by atoms with Crippen molar-refractivity contribution in [2.45, 2.75) is 6.92 Å². The maximum Gasteiger partial charge on any atom is 0.147 e. The summed E-state index contributed by atoms with van der Waals surface area (Å²) in [5, 5.41) is 0.540. The fraction of sp³-hybridized carbons (Fsp3) is 0.0833. The summed E-state index contributed by atoms with van der Waals surface area (Å²) in [4.78, 5) is 3.94. The molecule has 82 valence electrons. The standard InChI is InChI=1S/C12H11ClN2O/c1-8-2-10(14)5-11(3-8)16-12-4-9(13)6-15-7-12/h2-7H,14H2,1H3. The van der Waals surface area contributed by atoms with Gasteiger partial charge in [-0.15, -0.1) is 0 Å². The number of aromatic nitrogens is 1. The summed E-state index contributed by atoms with van der Waals surface area (Å²) in [6, 6.07) is 7.24. The fourth-order valence-electron chi connectivity index (χ4n) is 1.42. The molecule has 0 atom stereocenters. The minimum Gasteiger partial charge on any atom is -0.456 e. The predicted octanol–water partition coefficient (Wildman–Crippen LogP) is 3.42. The average Bonchev–Trinajstić information content (AvgIpc) is 2.15. The van der Waals surface area contributed by atoms with Gasteiger partial charge < -0.3 is 10.5 Å². The number of nitrogens with zero attached hydrogens (tertiary/aromatic N) is 1. The lowest BCUT2D eigenvalue weighted by Gasteiger charge is -2.07. The maximum absolute atomic E-state index is 5.81. The van der Waals surface area contributed by atoms with Gasteiger partial charge in [-0.3, -0.25) is 4.98 Å². The molecule has 0 spiro atoms. The monoisotopic (exact) mass is 234 g/mol. The van der Waals surface area contributed by atoms with Crippen molar-refractivity contribution in [1.82, 2.24) is 4.98 Å². The number of pyridine rings is 1. The van der Waals surface area contributed by atoms with Gasteiger partial charge in [0.25, 0.3) is 0 Å². The van der Waals surface area contributed by atoms with Crippen LogP contribution in [0.3, 0.4) is 0 Å². The second-order valence-electron chi connectivity index (χ2n) is 3.52. The van der Waals surface area contributed by atoms with Crippen molar-refractivity contribution >= 4 is 17.3 Å². The van der Waals surface area contributed by atoms with Crippen LogP contribution in [0.1, 0.15) is 5.56 Å². The molecule has 4 heteroatoms. The minimum absolute atomic E-state index is 0.540. The van der Waals surface area contributed by atoms with Crippen molar-refractivity contribution < 1.29 is 4.74 Å². The molecule has 3 nitrogen and oxygen atoms in total. The van der Waals surface area contributed by atoms with E-state index in [2.05, 4.69) is 4.98 Å². The number of nitrogen functional groups attached to an aromatic ring is 1. The van der Waals surface area contributed by atoms with Crippen LogP contribution in [0.5, 0.6) is 11.5 Å². The third-order valence-electron chi connectivity index (χ3n) is 1.99. The Balaban J connectivity index is 2.27. The summed E-state index contributed by atoms with van der Waals surface area (Å²) >= 11 is 5.81. The van der Waals surface area contributed by atoms with Crippen LogP contribution in [-0.2, 0) is 0 Å². The SMILES string of the molecule is Cc1cc(N)cc(Oc2cncc(Cl)c2)c1. The summed E-state index contributed by atoms with van der Waals surface area (Å²) in [7, 11) is 0. The van der Waals surface area contributed by atoms with E-state index in [4.69, 9.17) is 22.1 Å². The van der Waals surface area contributed by atoms with Crippen LogP contribution in [0.25, 0.3) is 0 Å². The van der Waals surface area contributed by atoms with E-state index in [0.29, 0.717) is 22.2 Å². The molecular formula is C12H11ClN2O. The van der Waals surface area contributed by atoms with Crippen LogP contribution < -0.4 is 10.5 Å². The molecule has 0 bridgehead atoms. The van der Waals surface area contributed by atoms with Gasteiger partial charge in [0, 0.05) is 24.0 Å². The number of ether oxygens (including phenoxy) is 1. The van der Waals surface area contributed by atoms with E-state index >= 15 is 0 Å². The van der Waals surface area contributed by atoms with Gasteiger partial charge >= 0.3 is 0 Å². The maximum atomic E-state index is 5.81. The molecule has 2 N–H and O–H groups in total. The minimum atomic E-state index is 0.540. The number of hydrogen-bond acceptors (Lipinski definition) is 3. The van der Waals surface area contributed by atoms with Crippen molar-refractivity contribution in [3.63, 3.8) is 0 Å². The first-order valence-corrected chi connectivity index (χ1v) is 5.17. The Morgan fingerprint density at radius 2 is 1.94 bits per heavy atom. The van der Waals surface area contributed by atoms with Crippen molar-refractivity contribution in [2.75, 3.05) is 5.73 Å². The van der Waals surface area contributed by atoms with Crippen molar-refractivity contribution in [3.05, 3.63) is 47.2 Å². The molecule has 0 radical (unpaired) electrons. The van der Waals surface area contributed by atoms with Crippen LogP contribution in [0.2, 0.25) is 5.02 Å². The number of halogens is 1. The van der Waals surface area contributed by atoms with E-state index in [1.807, 2.05) is 19.1 Å². The second kappa shape index (κ2) is 4.41. The molecule has 2 aromatic rings. The van der Waals surface area contributed by atoms with Gasteiger partial charge in [0.1, 0.15) is 11.5 Å². The van der Waals surface area contributed by atoms with E-state index in [1.54, 1.807) is 24.5 Å². The van der Waals surface area contributed by atoms with E-state index < -0.39 is 0 Å². The molecule has 0 saturated heterocycles. The molecule has 0 unspecified atom stereocenters. The molecule has 0 aliphatic rings. The first-order valence-electron chi connectivity index (χ1n) is 4.79. The number of rotatable bonds is 2. The van der Waals surface area contributed by atoms with Gasteiger partial charge in [0.05, 0.1) is 11.2 Å². The Bertz CT molecular complexity index is 494. The van der Waals surface area contributed by atoms with E-state index in [9.17, 15) is 0 Å². The summed E-state index contributed by atoms with van der Waals surface area (Å²) < 4.78 is 5.59. The zero-order valence-corrected chi connectivity index (χ0v) is 9.53. The number of anilines is 1. The third kappa shape index (κ3) is 2.64. The predicted molar refractivity (Wildman–Crippen MR) is 64.9 cm³/mol. The van der Waals surface area contributed by atoms with Gasteiger partial charge in [0.15, 0.2) is 0 Å². The van der Waals surface area contributed by atoms with Crippen LogP contribution >= 0.6 is 11.6 Å². The highest BCUT2D eigenvalue weighted by molar-refractivity contribution is 6.30. The molecule has 0 aliphatic heterocycles. The Hall–Kier alpha value is -1.74. The largest absolute Gasteiger partial charge is 0.456 e. The Morgan fingerprint density at radius 1 is 1.12 bits per heavy atom. The summed E-state index contributed by atoms with van der Waals surface area (Å²) in [6.07, 6.45) is 3.16. The van der Waals surface area contributed by atoms with Gasteiger partial charge in [-0.1, -0.05) is 11.6 Å². The Kier molecular flexibility index (Phi) is 2.97. The molecule has 1 aromatic heterocycles. The molecule has 0 aliphatic carbocycles. The molecule has 1 aromatic carbocycles. The molecule has 0 amide bonds. The normalized spacial score (nSPS) is 10.1. The first kappa shape index (κ1) is 10.8. The number of benzene rings is 1. The zero-order chi connectivity index (χ0) is 11.5. The highest BCUT2D eigenvalue weighted by Gasteiger charge is 2.00. The average molecular weight is 235 g/mol. The van der Waals surface area contributed by atoms with Crippen molar-refractivity contribution in [3.8, 4) is 11.5 Å². The summed E-state index contributed by atoms with van der Waals surface area (Å²) in [5.74, 6) is 1.28. The Labute approximate surface area is 98.8 Å². The topological polar surface area (TPSA) is 48.1 Å². The summed E-state index contributed by atoms with van der Waals surface area (Å²) in [6.45, 7) is 1.96. The van der Waals surface area contributed by atoms with Crippen molar-refractivity contribution in [2.24, 2.45) is 0 Å². The van der Waals surface area contributed by atoms with Crippen LogP contribution in [0, 0.1) is 6.92 Å². The molecular weight excluding hydrogens is 224 g/mol. The van der Waals surface area contributed by atoms with E-state index in [1.165, 1.54) is 0 Å². The van der Waals surface area contributed by atoms with Crippen LogP contribution in [-0.4, -0.2) is 4.98 Å². The second-order valence-corrected chi connectivity index (χ2v) is 3.96. The highest BCUT2D eigenvalue weighted by Crippen LogP contribution is 2.25. The smallest absolute Gasteiger partial charge is 0.147 e. The summed E-state index contributed by atoms with van der Waals surface area (Å²) in [5.41, 5.74) is 7.44. The molecule has 2 rings (SSSR count). The van der Waals surface area contributed by atoms with Gasteiger partial charge in [0.2, 0.25) is 0 Å². The fourth-order valence-corrected chi connectivity index (χ4v) is 1.58. The Morgan fingerprint density at radius 3 is 2.62 bits per heavy atom. The molecule has 1 heterocycles. The van der Waals surface area contributed by atoms with Crippen molar-refractivity contribution in [1.29, 1.82) is 0 Å². The quantitative estimate of drug-likeness (QED) is 0.810. The number of aryl methyl sites for hydroxylation is 1. The lowest BCUT2D eigenvalue weighted by molar-refractivity contribution is 0.480. The van der Waals surface area contributed by atoms with Gasteiger partial charge in [-0.2, -0.15) is 0 Å². The molecule has 16 heavy (non-hydrogen) atoms. The lowest BCUT2D eigenvalue weighted by atomic mass is 10.2. The van der Waals surface area contributed by atoms with Crippen LogP contribution in [0.4, 0.5) is 5.69 Å². The number of nitrogens with two attached hydrogens (primary N) is 1. The van der Waals surface area contributed by atoms with Crippen LogP contribution in [0.15, 0.2) is 36.7 Å². The van der Waals surface area contributed by atoms with E-state index in [0.717, 1.165) is 5.56 Å². The first-order chi connectivity index (χ1) is 7.63. The number of hydrogen-bond donors (Lipinski definition) is 1.